The van der Waals surface area contributed by atoms with Gasteiger partial charge in [0.05, 0.1) is 7.11 Å². The van der Waals surface area contributed by atoms with Crippen molar-refractivity contribution in [3.63, 3.8) is 0 Å². The molecule has 2 aromatic rings. The van der Waals surface area contributed by atoms with Gasteiger partial charge in [-0.2, -0.15) is 0 Å². The quantitative estimate of drug-likeness (QED) is 0.876. The lowest BCUT2D eigenvalue weighted by Gasteiger charge is -2.14. The van der Waals surface area contributed by atoms with Crippen molar-refractivity contribution in [2.45, 2.75) is 6.61 Å². The third-order valence-corrected chi connectivity index (χ3v) is 2.76. The van der Waals surface area contributed by atoms with E-state index < -0.39 is 5.97 Å². The smallest absolute Gasteiger partial charge is 0.343 e. The van der Waals surface area contributed by atoms with E-state index in [9.17, 15) is 9.90 Å². The minimum absolute atomic E-state index is 0.0175. The van der Waals surface area contributed by atoms with E-state index in [1.54, 1.807) is 0 Å². The topological polar surface area (TPSA) is 76.0 Å². The van der Waals surface area contributed by atoms with E-state index >= 15 is 0 Å². The number of aromatic carboxylic acids is 1. The maximum absolute atomic E-state index is 11.2. The summed E-state index contributed by atoms with van der Waals surface area (Å²) in [5.41, 5.74) is 0.578. The van der Waals surface area contributed by atoms with Gasteiger partial charge in [0.25, 0.3) is 0 Å². The van der Waals surface area contributed by atoms with Crippen LogP contribution in [0.3, 0.4) is 0 Å². The summed E-state index contributed by atoms with van der Waals surface area (Å²) >= 11 is 0. The molecule has 0 saturated heterocycles. The fourth-order valence-corrected chi connectivity index (χ4v) is 1.79. The summed E-state index contributed by atoms with van der Waals surface area (Å²) in [6, 6.07) is 12.0. The first-order chi connectivity index (χ1) is 9.63. The second-order valence-corrected chi connectivity index (χ2v) is 4.07. The van der Waals surface area contributed by atoms with Gasteiger partial charge in [0.1, 0.15) is 17.9 Å². The second kappa shape index (κ2) is 5.97. The molecule has 0 aromatic heterocycles. The van der Waals surface area contributed by atoms with Crippen LogP contribution in [-0.2, 0) is 6.61 Å². The number of hydrogen-bond acceptors (Lipinski definition) is 4. The monoisotopic (exact) mass is 274 g/mol. The minimum atomic E-state index is -1.27. The number of methoxy groups -OCH3 is 1. The van der Waals surface area contributed by atoms with Crippen molar-refractivity contribution >= 4 is 5.97 Å². The molecule has 2 aromatic carbocycles. The molecule has 0 radical (unpaired) electrons. The Hall–Kier alpha value is -2.69. The number of rotatable bonds is 5. The van der Waals surface area contributed by atoms with Crippen molar-refractivity contribution in [2.24, 2.45) is 0 Å². The highest BCUT2D eigenvalue weighted by molar-refractivity contribution is 5.95. The highest BCUT2D eigenvalue weighted by Crippen LogP contribution is 2.37. The van der Waals surface area contributed by atoms with E-state index in [0.717, 1.165) is 5.56 Å². The normalized spacial score (nSPS) is 10.1. The molecule has 2 N–H and O–H groups in total. The van der Waals surface area contributed by atoms with Gasteiger partial charge < -0.3 is 19.7 Å². The molecule has 0 unspecified atom stereocenters. The van der Waals surface area contributed by atoms with Crippen molar-refractivity contribution in [3.8, 4) is 17.2 Å². The third kappa shape index (κ3) is 2.83. The molecule has 0 fully saturated rings. The average Bonchev–Trinajstić information content (AvgIpc) is 2.45. The highest BCUT2D eigenvalue weighted by Gasteiger charge is 2.21. The van der Waals surface area contributed by atoms with Gasteiger partial charge in [-0.15, -0.1) is 0 Å². The van der Waals surface area contributed by atoms with Gasteiger partial charge in [0.2, 0.25) is 0 Å². The van der Waals surface area contributed by atoms with E-state index in [4.69, 9.17) is 14.6 Å². The van der Waals surface area contributed by atoms with Gasteiger partial charge >= 0.3 is 5.97 Å². The number of hydrogen-bond donors (Lipinski definition) is 2. The molecule has 20 heavy (non-hydrogen) atoms. The summed E-state index contributed by atoms with van der Waals surface area (Å²) in [5.74, 6) is -1.36. The molecule has 0 aliphatic rings. The van der Waals surface area contributed by atoms with Crippen LogP contribution in [0.1, 0.15) is 15.9 Å². The number of benzene rings is 2. The first-order valence-corrected chi connectivity index (χ1v) is 5.93. The number of carboxylic acid groups (broad SMARTS) is 1. The van der Waals surface area contributed by atoms with Crippen LogP contribution in [0.4, 0.5) is 0 Å². The Morgan fingerprint density at radius 3 is 2.45 bits per heavy atom. The zero-order valence-electron chi connectivity index (χ0n) is 10.9. The molecule has 0 aliphatic heterocycles. The molecular weight excluding hydrogens is 260 g/mol. The summed E-state index contributed by atoms with van der Waals surface area (Å²) in [5, 5.41) is 18.8. The summed E-state index contributed by atoms with van der Waals surface area (Å²) < 4.78 is 10.6. The maximum atomic E-state index is 11.2. The first-order valence-electron chi connectivity index (χ1n) is 5.93. The summed E-state index contributed by atoms with van der Waals surface area (Å²) in [6.07, 6.45) is 0. The van der Waals surface area contributed by atoms with E-state index in [2.05, 4.69) is 0 Å². The number of carbonyl (C=O) groups is 1. The van der Waals surface area contributed by atoms with Crippen LogP contribution in [0.25, 0.3) is 0 Å². The van der Waals surface area contributed by atoms with Crippen molar-refractivity contribution in [1.82, 2.24) is 0 Å². The van der Waals surface area contributed by atoms with Gasteiger partial charge in [-0.25, -0.2) is 4.79 Å². The standard InChI is InChI=1S/C15H14O5/c1-19-12-8-7-11(16)13(15(17)18)14(12)20-9-10-5-3-2-4-6-10/h2-8,16H,9H2,1H3,(H,17,18). The van der Waals surface area contributed by atoms with Crippen LogP contribution < -0.4 is 9.47 Å². The average molecular weight is 274 g/mol. The minimum Gasteiger partial charge on any atom is -0.507 e. The molecule has 0 saturated carbocycles. The summed E-state index contributed by atoms with van der Waals surface area (Å²) in [6.45, 7) is 0.181. The Kier molecular flexibility index (Phi) is 4.10. The van der Waals surface area contributed by atoms with Crippen molar-refractivity contribution in [3.05, 3.63) is 53.6 Å². The van der Waals surface area contributed by atoms with Crippen LogP contribution in [0.2, 0.25) is 0 Å². The molecule has 0 heterocycles. The second-order valence-electron chi connectivity index (χ2n) is 4.07. The molecule has 0 bridgehead atoms. The van der Waals surface area contributed by atoms with Gasteiger partial charge in [0, 0.05) is 0 Å². The molecule has 2 rings (SSSR count). The number of ether oxygens (including phenoxy) is 2. The van der Waals surface area contributed by atoms with Crippen molar-refractivity contribution < 1.29 is 24.5 Å². The Morgan fingerprint density at radius 1 is 1.15 bits per heavy atom. The first kappa shape index (κ1) is 13.7. The van der Waals surface area contributed by atoms with Crippen LogP contribution in [0, 0.1) is 0 Å². The van der Waals surface area contributed by atoms with Crippen LogP contribution in [0.5, 0.6) is 17.2 Å². The largest absolute Gasteiger partial charge is 0.507 e. The third-order valence-electron chi connectivity index (χ3n) is 2.76. The Labute approximate surface area is 116 Å². The van der Waals surface area contributed by atoms with Gasteiger partial charge in [-0.3, -0.25) is 0 Å². The van der Waals surface area contributed by atoms with Crippen LogP contribution in [-0.4, -0.2) is 23.3 Å². The summed E-state index contributed by atoms with van der Waals surface area (Å²) in [4.78, 5) is 11.2. The maximum Gasteiger partial charge on any atom is 0.343 e. The Bertz CT molecular complexity index is 607. The zero-order chi connectivity index (χ0) is 14.5. The predicted molar refractivity (Wildman–Crippen MR) is 72.4 cm³/mol. The molecule has 5 nitrogen and oxygen atoms in total. The predicted octanol–water partition coefficient (Wildman–Crippen LogP) is 2.68. The molecule has 0 atom stereocenters. The fourth-order valence-electron chi connectivity index (χ4n) is 1.79. The van der Waals surface area contributed by atoms with E-state index in [1.807, 2.05) is 30.3 Å². The fraction of sp³-hybridized carbons (Fsp3) is 0.133. The number of phenols is 1. The SMILES string of the molecule is COc1ccc(O)c(C(=O)O)c1OCc1ccccc1. The molecule has 0 amide bonds. The zero-order valence-corrected chi connectivity index (χ0v) is 10.9. The molecule has 0 spiro atoms. The van der Waals surface area contributed by atoms with Crippen LogP contribution >= 0.6 is 0 Å². The summed E-state index contributed by atoms with van der Waals surface area (Å²) in [7, 11) is 1.41. The Balaban J connectivity index is 2.34. The Morgan fingerprint density at radius 2 is 1.85 bits per heavy atom. The van der Waals surface area contributed by atoms with E-state index in [-0.39, 0.29) is 29.4 Å². The van der Waals surface area contributed by atoms with Crippen LogP contribution in [0.15, 0.2) is 42.5 Å². The van der Waals surface area contributed by atoms with Gasteiger partial charge in [-0.1, -0.05) is 30.3 Å². The molecule has 0 aliphatic carbocycles. The van der Waals surface area contributed by atoms with E-state index in [1.165, 1.54) is 19.2 Å². The van der Waals surface area contributed by atoms with Gasteiger partial charge in [0.15, 0.2) is 11.5 Å². The molecule has 104 valence electrons. The lowest BCUT2D eigenvalue weighted by molar-refractivity contribution is 0.0687. The van der Waals surface area contributed by atoms with E-state index in [0.29, 0.717) is 0 Å². The van der Waals surface area contributed by atoms with Crippen molar-refractivity contribution in [2.75, 3.05) is 7.11 Å². The van der Waals surface area contributed by atoms with Crippen molar-refractivity contribution in [1.29, 1.82) is 0 Å². The lowest BCUT2D eigenvalue weighted by Crippen LogP contribution is -2.05. The highest BCUT2D eigenvalue weighted by atomic mass is 16.5. The lowest BCUT2D eigenvalue weighted by atomic mass is 10.1. The number of aromatic hydroxyl groups is 1. The molecule has 5 heteroatoms. The molecular formula is C15H14O5. The van der Waals surface area contributed by atoms with Gasteiger partial charge in [-0.05, 0) is 17.7 Å². The number of carboxylic acids is 1.